The molecule has 284 valence electrons. The number of carbonyl (C=O) groups excluding carboxylic acids is 1. The van der Waals surface area contributed by atoms with Crippen molar-refractivity contribution in [2.24, 2.45) is 0 Å². The van der Waals surface area contributed by atoms with Crippen molar-refractivity contribution in [1.82, 2.24) is 9.97 Å². The lowest BCUT2D eigenvalue weighted by molar-refractivity contribution is 0.000290. The average Bonchev–Trinajstić information content (AvgIpc) is 3.43. The Kier molecular flexibility index (Phi) is 15.9. The maximum Gasteiger partial charge on any atom is 0.334 e. The number of aryl methyl sites for hydroxylation is 1. The number of anilines is 2. The quantitative estimate of drug-likeness (QED) is 0.0827. The fourth-order valence-corrected chi connectivity index (χ4v) is 18.2. The first kappa shape index (κ1) is 42.9. The summed E-state index contributed by atoms with van der Waals surface area (Å²) in [6.07, 6.45) is 3.22. The Morgan fingerprint density at radius 1 is 1.12 bits per heavy atom. The van der Waals surface area contributed by atoms with Gasteiger partial charge in [0, 0.05) is 29.1 Å². The number of thioether (sulfide) groups is 1. The number of nitrogens with zero attached hydrogens (tertiary/aromatic N) is 3. The Balaban J connectivity index is 1.85. The van der Waals surface area contributed by atoms with Crippen LogP contribution in [-0.4, -0.2) is 85.9 Å². The van der Waals surface area contributed by atoms with Crippen molar-refractivity contribution in [3.05, 3.63) is 41.9 Å². The number of aliphatic hydroxyl groups excluding tert-OH is 1. The van der Waals surface area contributed by atoms with E-state index in [1.807, 2.05) is 27.7 Å². The maximum atomic E-state index is 13.0. The van der Waals surface area contributed by atoms with Crippen LogP contribution in [0.15, 0.2) is 30.6 Å². The second-order valence-corrected chi connectivity index (χ2v) is 24.7. The summed E-state index contributed by atoms with van der Waals surface area (Å²) in [5, 5.41) is 22.4. The molecule has 1 saturated heterocycles. The number of rotatable bonds is 20. The first-order chi connectivity index (χ1) is 24.1. The Labute approximate surface area is 310 Å². The van der Waals surface area contributed by atoms with E-state index >= 15 is 0 Å². The number of hydrogen-bond donors (Lipinski definition) is 4. The normalized spacial score (nSPS) is 19.6. The number of carbonyl (C=O) groups is 1. The summed E-state index contributed by atoms with van der Waals surface area (Å²) in [6, 6.07) is 8.97. The summed E-state index contributed by atoms with van der Waals surface area (Å²) < 4.78 is 25.4. The minimum absolute atomic E-state index is 0.00293. The number of aliphatic hydroxyl groups is 1. The number of nitrogens with two attached hydrogens (primary N) is 1. The minimum atomic E-state index is -3.14. The smallest absolute Gasteiger partial charge is 0.334 e. The number of nitriles is 1. The summed E-state index contributed by atoms with van der Waals surface area (Å²) in [5.74, 6) is 1.10. The first-order valence-corrected chi connectivity index (χ1v) is 22.9. The van der Waals surface area contributed by atoms with Crippen LogP contribution >= 0.6 is 11.8 Å². The van der Waals surface area contributed by atoms with E-state index in [0.29, 0.717) is 61.5 Å². The molecule has 0 unspecified atom stereocenters. The van der Waals surface area contributed by atoms with Crippen molar-refractivity contribution in [3.8, 4) is 11.8 Å². The number of hydrogen-bond acceptors (Lipinski definition) is 12. The third-order valence-electron chi connectivity index (χ3n) is 9.93. The van der Waals surface area contributed by atoms with Gasteiger partial charge in [0.2, 0.25) is 0 Å². The Morgan fingerprint density at radius 3 is 2.31 bits per heavy atom. The third kappa shape index (κ3) is 10.3. The van der Waals surface area contributed by atoms with Crippen LogP contribution in [0, 0.1) is 11.3 Å². The van der Waals surface area contributed by atoms with Crippen LogP contribution in [0.3, 0.4) is 0 Å². The highest BCUT2D eigenvalue weighted by Gasteiger charge is 2.56. The summed E-state index contributed by atoms with van der Waals surface area (Å²) >= 11 is 1.66. The van der Waals surface area contributed by atoms with Crippen LogP contribution < -0.4 is 15.8 Å². The van der Waals surface area contributed by atoms with Crippen LogP contribution in [0.1, 0.15) is 97.1 Å². The molecule has 1 aliphatic rings. The lowest BCUT2D eigenvalue weighted by atomic mass is 9.91. The van der Waals surface area contributed by atoms with Gasteiger partial charge in [-0.15, -0.1) is 0 Å². The van der Waals surface area contributed by atoms with Crippen LogP contribution in [0.5, 0.6) is 5.75 Å². The number of nitrogens with one attached hydrogen (secondary N) is 1. The van der Waals surface area contributed by atoms with Crippen molar-refractivity contribution in [2.45, 2.75) is 127 Å². The predicted octanol–water partition coefficient (Wildman–Crippen LogP) is 6.73. The highest BCUT2D eigenvalue weighted by Crippen LogP contribution is 2.48. The predicted molar refractivity (Wildman–Crippen MR) is 207 cm³/mol. The van der Waals surface area contributed by atoms with Crippen LogP contribution in [-0.2, 0) is 19.7 Å². The molecule has 1 fully saturated rings. The van der Waals surface area contributed by atoms with Gasteiger partial charge in [-0.2, -0.15) is 17.0 Å². The standard InChI is InChI=1S/C36H59N5O7SSi2/c1-24(2)50(44,25(3)4)48-51(26(5)6,27(7)8)46-22-30-21-36(17-19-42,49-20-10-18-37)32(47-30)16-15-31-33(38)34(40-23-39-31)41-35(43)28-11-13-29(45-9)14-12-28/h11-14,23-27,30,32,42,44H,10,15-17,19-22,38H2,1-9H3,(H,39,40,41,43)/t30-,32-,36+/m0/s1. The number of aromatic nitrogens is 2. The molecule has 0 aliphatic carbocycles. The summed E-state index contributed by atoms with van der Waals surface area (Å²) in [6.45, 7) is 16.8. The van der Waals surface area contributed by atoms with Crippen molar-refractivity contribution in [1.29, 1.82) is 5.26 Å². The minimum Gasteiger partial charge on any atom is -0.497 e. The molecular weight excluding hydrogens is 703 g/mol. The van der Waals surface area contributed by atoms with Crippen molar-refractivity contribution < 1.29 is 32.7 Å². The molecule has 2 heterocycles. The molecule has 0 spiro atoms. The van der Waals surface area contributed by atoms with E-state index in [4.69, 9.17) is 23.7 Å². The van der Waals surface area contributed by atoms with Gasteiger partial charge in [0.15, 0.2) is 5.82 Å². The van der Waals surface area contributed by atoms with Crippen LogP contribution in [0.2, 0.25) is 22.2 Å². The molecule has 1 aliphatic heterocycles. The summed E-state index contributed by atoms with van der Waals surface area (Å²) in [7, 11) is -4.54. The molecule has 0 radical (unpaired) electrons. The van der Waals surface area contributed by atoms with Gasteiger partial charge in [0.05, 0.1) is 43.4 Å². The molecule has 3 rings (SSSR count). The van der Waals surface area contributed by atoms with Gasteiger partial charge in [0.1, 0.15) is 12.1 Å². The maximum absolute atomic E-state index is 13.0. The molecule has 51 heavy (non-hydrogen) atoms. The molecule has 3 atom stereocenters. The summed E-state index contributed by atoms with van der Waals surface area (Å²) in [5.41, 5.74) is 7.94. The molecule has 1 aromatic heterocycles. The lowest BCUT2D eigenvalue weighted by Crippen LogP contribution is -2.60. The largest absolute Gasteiger partial charge is 0.497 e. The SMILES string of the molecule is COc1ccc(C(=O)Nc2ncnc(CC[C@@H]3O[C@H](CO[Si](O[Si](O)(C(C)C)C(C)C)(C(C)C)C(C)C)C[C@@]3(CCO)SCCC#N)c2N)cc1. The lowest BCUT2D eigenvalue weighted by Gasteiger charge is -2.46. The Hall–Kier alpha value is -2.56. The fraction of sp³-hybridized carbons (Fsp3) is 0.667. The molecule has 5 N–H and O–H groups in total. The number of methoxy groups -OCH3 is 1. The highest BCUT2D eigenvalue weighted by molar-refractivity contribution is 8.00. The zero-order chi connectivity index (χ0) is 38.0. The van der Waals surface area contributed by atoms with E-state index in [-0.39, 0.29) is 58.4 Å². The second kappa shape index (κ2) is 19.0. The second-order valence-electron chi connectivity index (χ2n) is 14.6. The first-order valence-electron chi connectivity index (χ1n) is 18.0. The number of nitrogen functional groups attached to an aromatic ring is 1. The van der Waals surface area contributed by atoms with Crippen molar-refractivity contribution in [2.75, 3.05) is 37.1 Å². The van der Waals surface area contributed by atoms with Crippen molar-refractivity contribution in [3.63, 3.8) is 0 Å². The van der Waals surface area contributed by atoms with Crippen LogP contribution in [0.25, 0.3) is 0 Å². The van der Waals surface area contributed by atoms with Crippen LogP contribution in [0.4, 0.5) is 11.5 Å². The van der Waals surface area contributed by atoms with Gasteiger partial charge in [-0.3, -0.25) is 4.79 Å². The third-order valence-corrected chi connectivity index (χ3v) is 21.3. The Morgan fingerprint density at radius 2 is 1.76 bits per heavy atom. The molecule has 0 bridgehead atoms. The number of benzene rings is 1. The van der Waals surface area contributed by atoms with E-state index < -0.39 is 21.9 Å². The van der Waals surface area contributed by atoms with Gasteiger partial charge in [-0.1, -0.05) is 55.4 Å². The van der Waals surface area contributed by atoms with Gasteiger partial charge < -0.3 is 39.0 Å². The van der Waals surface area contributed by atoms with E-state index in [9.17, 15) is 20.0 Å². The molecule has 1 aromatic carbocycles. The zero-order valence-electron chi connectivity index (χ0n) is 31.8. The van der Waals surface area contributed by atoms with E-state index in [1.165, 1.54) is 6.33 Å². The van der Waals surface area contributed by atoms with Gasteiger partial charge in [-0.25, -0.2) is 9.97 Å². The molecule has 12 nitrogen and oxygen atoms in total. The highest BCUT2D eigenvalue weighted by atomic mass is 32.2. The van der Waals surface area contributed by atoms with Crippen molar-refractivity contribution >= 4 is 46.3 Å². The Bertz CT molecular complexity index is 1440. The molecule has 0 saturated carbocycles. The van der Waals surface area contributed by atoms with E-state index in [0.717, 1.165) is 0 Å². The monoisotopic (exact) mass is 761 g/mol. The van der Waals surface area contributed by atoms with E-state index in [1.54, 1.807) is 43.1 Å². The van der Waals surface area contributed by atoms with Gasteiger partial charge in [-0.05, 0) is 72.1 Å². The van der Waals surface area contributed by atoms with Gasteiger partial charge >= 0.3 is 17.1 Å². The molecule has 1 amide bonds. The average molecular weight is 762 g/mol. The zero-order valence-corrected chi connectivity index (χ0v) is 34.6. The molecule has 2 aromatic rings. The summed E-state index contributed by atoms with van der Waals surface area (Å²) in [4.78, 5) is 33.5. The molecule has 15 heteroatoms. The number of amides is 1. The van der Waals surface area contributed by atoms with Gasteiger partial charge in [0.25, 0.3) is 5.91 Å². The fourth-order valence-electron chi connectivity index (χ4n) is 6.89. The topological polar surface area (TPSA) is 182 Å². The van der Waals surface area contributed by atoms with E-state index in [2.05, 4.69) is 49.0 Å². The number of ether oxygens (including phenoxy) is 2. The molecular formula is C36H59N5O7SSi2.